The standard InChI is InChI=1S/C19H21N3O6/c1-3-28-11-6-4-10(5-7-11)22-17(24)12-13(19(26)27-2)14-16(23)20-8-9-21(14)15(12)18(22)25/h4-7,12-15H,3,8-9H2,1-2H3,(H,20,23)/t12-,13+,14-,15-/m1/s1. The number of esters is 1. The summed E-state index contributed by atoms with van der Waals surface area (Å²) in [5.41, 5.74) is 0.412. The zero-order valence-electron chi connectivity index (χ0n) is 15.6. The Balaban J connectivity index is 1.71. The second-order valence-corrected chi connectivity index (χ2v) is 6.93. The van der Waals surface area contributed by atoms with Gasteiger partial charge in [0.25, 0.3) is 5.91 Å². The number of nitrogens with one attached hydrogen (secondary N) is 1. The van der Waals surface area contributed by atoms with E-state index in [0.29, 0.717) is 31.1 Å². The molecule has 4 rings (SSSR count). The molecule has 0 aliphatic carbocycles. The van der Waals surface area contributed by atoms with Crippen LogP contribution in [0.25, 0.3) is 0 Å². The highest BCUT2D eigenvalue weighted by molar-refractivity contribution is 6.25. The molecule has 0 aromatic heterocycles. The number of hydrogen-bond acceptors (Lipinski definition) is 7. The first-order chi connectivity index (χ1) is 13.5. The normalized spacial score (nSPS) is 29.4. The lowest BCUT2D eigenvalue weighted by Crippen LogP contribution is -2.58. The van der Waals surface area contributed by atoms with Crippen LogP contribution in [-0.2, 0) is 23.9 Å². The van der Waals surface area contributed by atoms with Gasteiger partial charge in [-0.3, -0.25) is 24.1 Å². The third kappa shape index (κ3) is 2.57. The number of imide groups is 1. The molecule has 1 N–H and O–H groups in total. The van der Waals surface area contributed by atoms with E-state index in [9.17, 15) is 19.2 Å². The summed E-state index contributed by atoms with van der Waals surface area (Å²) in [6.45, 7) is 3.11. The van der Waals surface area contributed by atoms with Crippen molar-refractivity contribution in [2.45, 2.75) is 19.0 Å². The predicted molar refractivity (Wildman–Crippen MR) is 96.4 cm³/mol. The Hall–Kier alpha value is -2.94. The molecule has 0 unspecified atom stereocenters. The van der Waals surface area contributed by atoms with Crippen molar-refractivity contribution in [1.82, 2.24) is 10.2 Å². The molecule has 4 atom stereocenters. The van der Waals surface area contributed by atoms with E-state index in [1.165, 1.54) is 7.11 Å². The van der Waals surface area contributed by atoms with Crippen LogP contribution in [0.5, 0.6) is 5.75 Å². The Morgan fingerprint density at radius 3 is 2.50 bits per heavy atom. The van der Waals surface area contributed by atoms with Crippen LogP contribution in [0, 0.1) is 11.8 Å². The van der Waals surface area contributed by atoms with Crippen LogP contribution in [0.1, 0.15) is 6.92 Å². The molecule has 3 saturated heterocycles. The molecule has 0 spiro atoms. The molecule has 3 fully saturated rings. The van der Waals surface area contributed by atoms with Gasteiger partial charge in [0, 0.05) is 13.1 Å². The molecule has 0 saturated carbocycles. The van der Waals surface area contributed by atoms with Gasteiger partial charge >= 0.3 is 5.97 Å². The molecule has 3 aliphatic rings. The number of methoxy groups -OCH3 is 1. The fraction of sp³-hybridized carbons (Fsp3) is 0.474. The number of carbonyl (C=O) groups excluding carboxylic acids is 4. The van der Waals surface area contributed by atoms with Gasteiger partial charge in [-0.1, -0.05) is 0 Å². The topological polar surface area (TPSA) is 105 Å². The lowest BCUT2D eigenvalue weighted by molar-refractivity contribution is -0.152. The van der Waals surface area contributed by atoms with E-state index < -0.39 is 41.7 Å². The number of amides is 3. The third-order valence-electron chi connectivity index (χ3n) is 5.58. The first kappa shape index (κ1) is 18.4. The van der Waals surface area contributed by atoms with E-state index in [4.69, 9.17) is 9.47 Å². The van der Waals surface area contributed by atoms with Crippen LogP contribution in [0.3, 0.4) is 0 Å². The van der Waals surface area contributed by atoms with Crippen molar-refractivity contribution in [2.24, 2.45) is 11.8 Å². The zero-order valence-corrected chi connectivity index (χ0v) is 15.6. The van der Waals surface area contributed by atoms with Crippen LogP contribution in [-0.4, -0.2) is 67.5 Å². The van der Waals surface area contributed by atoms with Crippen molar-refractivity contribution in [1.29, 1.82) is 0 Å². The predicted octanol–water partition coefficient (Wildman–Crippen LogP) is -0.453. The van der Waals surface area contributed by atoms with Gasteiger partial charge in [0.15, 0.2) is 0 Å². The van der Waals surface area contributed by atoms with E-state index in [0.717, 1.165) is 4.90 Å². The maximum Gasteiger partial charge on any atom is 0.311 e. The summed E-state index contributed by atoms with van der Waals surface area (Å²) in [5, 5.41) is 2.70. The summed E-state index contributed by atoms with van der Waals surface area (Å²) in [6.07, 6.45) is 0. The summed E-state index contributed by atoms with van der Waals surface area (Å²) in [7, 11) is 1.21. The first-order valence-electron chi connectivity index (χ1n) is 9.21. The maximum absolute atomic E-state index is 13.2. The van der Waals surface area contributed by atoms with Gasteiger partial charge in [0.2, 0.25) is 11.8 Å². The van der Waals surface area contributed by atoms with Crippen LogP contribution in [0.2, 0.25) is 0 Å². The summed E-state index contributed by atoms with van der Waals surface area (Å²) in [5.74, 6) is -3.26. The van der Waals surface area contributed by atoms with Crippen molar-refractivity contribution in [3.63, 3.8) is 0 Å². The number of hydrogen-bond donors (Lipinski definition) is 1. The summed E-state index contributed by atoms with van der Waals surface area (Å²) >= 11 is 0. The van der Waals surface area contributed by atoms with E-state index in [1.54, 1.807) is 29.2 Å². The highest BCUT2D eigenvalue weighted by Gasteiger charge is 2.66. The zero-order chi connectivity index (χ0) is 20.0. The fourth-order valence-electron chi connectivity index (χ4n) is 4.48. The monoisotopic (exact) mass is 387 g/mol. The molecule has 9 heteroatoms. The minimum atomic E-state index is -1.01. The minimum absolute atomic E-state index is 0.357. The van der Waals surface area contributed by atoms with Crippen molar-refractivity contribution in [3.8, 4) is 5.75 Å². The number of ether oxygens (including phenoxy) is 2. The highest BCUT2D eigenvalue weighted by atomic mass is 16.5. The molecule has 3 heterocycles. The maximum atomic E-state index is 13.2. The molecule has 28 heavy (non-hydrogen) atoms. The van der Waals surface area contributed by atoms with Gasteiger partial charge in [0.05, 0.1) is 31.2 Å². The average molecular weight is 387 g/mol. The Morgan fingerprint density at radius 1 is 1.14 bits per heavy atom. The summed E-state index contributed by atoms with van der Waals surface area (Å²) in [4.78, 5) is 54.0. The van der Waals surface area contributed by atoms with Crippen LogP contribution >= 0.6 is 0 Å². The van der Waals surface area contributed by atoms with E-state index in [1.807, 2.05) is 6.92 Å². The summed E-state index contributed by atoms with van der Waals surface area (Å²) in [6, 6.07) is 4.92. The molecule has 148 valence electrons. The second kappa shape index (κ2) is 6.90. The number of nitrogens with zero attached hydrogens (tertiary/aromatic N) is 2. The Labute approximate surface area is 161 Å². The van der Waals surface area contributed by atoms with Crippen LogP contribution in [0.15, 0.2) is 24.3 Å². The lowest BCUT2D eigenvalue weighted by Gasteiger charge is -2.34. The molecule has 1 aromatic rings. The molecule has 0 bridgehead atoms. The number of anilines is 1. The van der Waals surface area contributed by atoms with Crippen molar-refractivity contribution in [2.75, 3.05) is 31.7 Å². The minimum Gasteiger partial charge on any atom is -0.494 e. The lowest BCUT2D eigenvalue weighted by atomic mass is 9.87. The molecule has 0 radical (unpaired) electrons. The van der Waals surface area contributed by atoms with Crippen LogP contribution in [0.4, 0.5) is 5.69 Å². The van der Waals surface area contributed by atoms with Gasteiger partial charge in [-0.25, -0.2) is 4.90 Å². The van der Waals surface area contributed by atoms with Crippen molar-refractivity contribution >= 4 is 29.4 Å². The molecule has 1 aromatic carbocycles. The van der Waals surface area contributed by atoms with Gasteiger partial charge in [0.1, 0.15) is 17.8 Å². The molecule has 3 amide bonds. The Morgan fingerprint density at radius 2 is 1.86 bits per heavy atom. The molecular weight excluding hydrogens is 366 g/mol. The van der Waals surface area contributed by atoms with Gasteiger partial charge < -0.3 is 14.8 Å². The average Bonchev–Trinajstić information content (AvgIpc) is 3.17. The Bertz CT molecular complexity index is 839. The number of rotatable bonds is 4. The fourth-order valence-corrected chi connectivity index (χ4v) is 4.48. The van der Waals surface area contributed by atoms with E-state index in [-0.39, 0.29) is 5.91 Å². The van der Waals surface area contributed by atoms with Gasteiger partial charge in [-0.2, -0.15) is 0 Å². The molecule has 9 nitrogen and oxygen atoms in total. The number of benzene rings is 1. The third-order valence-corrected chi connectivity index (χ3v) is 5.58. The van der Waals surface area contributed by atoms with Gasteiger partial charge in [-0.15, -0.1) is 0 Å². The van der Waals surface area contributed by atoms with E-state index in [2.05, 4.69) is 5.32 Å². The molecule has 3 aliphatic heterocycles. The van der Waals surface area contributed by atoms with Crippen LogP contribution < -0.4 is 15.0 Å². The quantitative estimate of drug-likeness (QED) is 0.551. The number of fused-ring (bicyclic) bond motifs is 3. The van der Waals surface area contributed by atoms with Gasteiger partial charge in [-0.05, 0) is 31.2 Å². The van der Waals surface area contributed by atoms with E-state index >= 15 is 0 Å². The second-order valence-electron chi connectivity index (χ2n) is 6.93. The number of piperazine rings is 1. The first-order valence-corrected chi connectivity index (χ1v) is 9.21. The Kier molecular flexibility index (Phi) is 4.54. The smallest absolute Gasteiger partial charge is 0.311 e. The van der Waals surface area contributed by atoms with Crippen molar-refractivity contribution in [3.05, 3.63) is 24.3 Å². The highest BCUT2D eigenvalue weighted by Crippen LogP contribution is 2.44. The summed E-state index contributed by atoms with van der Waals surface area (Å²) < 4.78 is 10.3. The van der Waals surface area contributed by atoms with Crippen molar-refractivity contribution < 1.29 is 28.7 Å². The number of carbonyl (C=O) groups is 4. The largest absolute Gasteiger partial charge is 0.494 e. The molecular formula is C19H21N3O6. The SMILES string of the molecule is CCOc1ccc(N2C(=O)[C@@H]3[C@H](C(=O)OC)[C@@H]4C(=O)NCCN4[C@H]3C2=O)cc1.